The lowest BCUT2D eigenvalue weighted by Crippen LogP contribution is -2.24. The van der Waals surface area contributed by atoms with E-state index in [1.54, 1.807) is 60.3 Å². The molecule has 0 atom stereocenters. The molecule has 2 N–H and O–H groups in total. The van der Waals surface area contributed by atoms with Crippen LogP contribution in [0.4, 0.5) is 0 Å². The SMILES string of the molecule is CN1C(=O)C2=C(c3ccc(-c4cccc(O)c4)s3)N(C)C(=O)C2=C1c1ccc(-c2cccc(O)c2)s1. The molecule has 2 aliphatic heterocycles. The van der Waals surface area contributed by atoms with Gasteiger partial charge in [0, 0.05) is 23.8 Å². The quantitative estimate of drug-likeness (QED) is 0.372. The van der Waals surface area contributed by atoms with E-state index in [4.69, 9.17) is 0 Å². The third-order valence-corrected chi connectivity index (χ3v) is 8.65. The van der Waals surface area contributed by atoms with Gasteiger partial charge in [-0.25, -0.2) is 0 Å². The highest BCUT2D eigenvalue weighted by Gasteiger charge is 2.47. The van der Waals surface area contributed by atoms with Crippen molar-refractivity contribution in [2.24, 2.45) is 0 Å². The minimum Gasteiger partial charge on any atom is -0.508 e. The summed E-state index contributed by atoms with van der Waals surface area (Å²) in [6.07, 6.45) is 0. The zero-order valence-corrected chi connectivity index (χ0v) is 21.0. The number of carbonyl (C=O) groups excluding carboxylic acids is 2. The molecule has 2 aliphatic rings. The van der Waals surface area contributed by atoms with Crippen molar-refractivity contribution in [3.8, 4) is 32.4 Å². The largest absolute Gasteiger partial charge is 0.508 e. The molecule has 0 saturated heterocycles. The van der Waals surface area contributed by atoms with Gasteiger partial charge in [0.2, 0.25) is 0 Å². The lowest BCUT2D eigenvalue weighted by Gasteiger charge is -2.18. The smallest absolute Gasteiger partial charge is 0.261 e. The zero-order chi connectivity index (χ0) is 25.1. The van der Waals surface area contributed by atoms with Gasteiger partial charge in [0.25, 0.3) is 11.8 Å². The highest BCUT2D eigenvalue weighted by Crippen LogP contribution is 2.48. The minimum atomic E-state index is -0.215. The van der Waals surface area contributed by atoms with Gasteiger partial charge in [-0.2, -0.15) is 0 Å². The van der Waals surface area contributed by atoms with Gasteiger partial charge in [0.05, 0.1) is 32.3 Å². The number of likely N-dealkylation sites (N-methyl/N-ethyl adjacent to an activating group) is 2. The number of phenols is 2. The van der Waals surface area contributed by atoms with Gasteiger partial charge in [-0.1, -0.05) is 24.3 Å². The molecular weight excluding hydrogens is 492 g/mol. The molecule has 0 unspecified atom stereocenters. The average Bonchev–Trinajstić information content (AvgIpc) is 3.63. The molecule has 0 bridgehead atoms. The molecule has 4 aromatic rings. The molecule has 6 rings (SSSR count). The number of fused-ring (bicyclic) bond motifs is 1. The minimum absolute atomic E-state index is 0.182. The van der Waals surface area contributed by atoms with Crippen molar-refractivity contribution < 1.29 is 19.8 Å². The van der Waals surface area contributed by atoms with Crippen molar-refractivity contribution >= 4 is 45.9 Å². The van der Waals surface area contributed by atoms with Gasteiger partial charge in [0.15, 0.2) is 0 Å². The maximum atomic E-state index is 13.5. The number of benzene rings is 2. The van der Waals surface area contributed by atoms with Crippen LogP contribution in [0.1, 0.15) is 9.75 Å². The lowest BCUT2D eigenvalue weighted by atomic mass is 10.1. The summed E-state index contributed by atoms with van der Waals surface area (Å²) in [5.41, 5.74) is 3.76. The fourth-order valence-corrected chi connectivity index (χ4v) is 6.84. The van der Waals surface area contributed by atoms with Crippen LogP contribution in [-0.2, 0) is 9.59 Å². The number of carbonyl (C=O) groups is 2. The molecular formula is C28H20N2O4S2. The molecule has 36 heavy (non-hydrogen) atoms. The fraction of sp³-hybridized carbons (Fsp3) is 0.0714. The summed E-state index contributed by atoms with van der Waals surface area (Å²) in [5, 5.41) is 19.7. The Balaban J connectivity index is 1.46. The van der Waals surface area contributed by atoms with Gasteiger partial charge in [0.1, 0.15) is 11.5 Å². The Hall–Kier alpha value is -4.14. The normalized spacial score (nSPS) is 15.5. The van der Waals surface area contributed by atoms with Crippen LogP contribution >= 0.6 is 22.7 Å². The number of amides is 2. The van der Waals surface area contributed by atoms with E-state index in [0.717, 1.165) is 30.6 Å². The number of rotatable bonds is 4. The molecule has 2 amide bonds. The zero-order valence-electron chi connectivity index (χ0n) is 19.4. The van der Waals surface area contributed by atoms with Gasteiger partial charge in [-0.05, 0) is 59.7 Å². The third-order valence-electron chi connectivity index (χ3n) is 6.37. The Kier molecular flexibility index (Phi) is 5.10. The average molecular weight is 513 g/mol. The standard InChI is InChI=1S/C28H20N2O4S2/c1-29-25(21-11-9-19(35-21)15-5-3-7-17(31)13-15)23-24(27(29)33)26(30(2)28(23)34)22-12-10-20(36-22)16-6-4-8-18(32)14-16/h3-14,31-32H,1-2H3. The first-order chi connectivity index (χ1) is 17.3. The molecule has 0 radical (unpaired) electrons. The lowest BCUT2D eigenvalue weighted by molar-refractivity contribution is -0.123. The van der Waals surface area contributed by atoms with Crippen LogP contribution in [0.2, 0.25) is 0 Å². The van der Waals surface area contributed by atoms with E-state index in [9.17, 15) is 19.8 Å². The van der Waals surface area contributed by atoms with E-state index in [1.165, 1.54) is 22.7 Å². The Morgan fingerprint density at radius 2 is 0.972 bits per heavy atom. The molecule has 2 aromatic heterocycles. The number of phenolic OH excluding ortho intramolecular Hbond substituents is 2. The maximum absolute atomic E-state index is 13.5. The Bertz CT molecular complexity index is 1520. The predicted molar refractivity (Wildman–Crippen MR) is 142 cm³/mol. The number of hydrogen-bond acceptors (Lipinski definition) is 6. The molecule has 8 heteroatoms. The molecule has 2 aromatic carbocycles. The van der Waals surface area contributed by atoms with Crippen molar-refractivity contribution in [1.82, 2.24) is 9.80 Å². The highest BCUT2D eigenvalue weighted by atomic mass is 32.1. The first kappa shape index (κ1) is 22.3. The molecule has 0 aliphatic carbocycles. The maximum Gasteiger partial charge on any atom is 0.261 e. The van der Waals surface area contributed by atoms with Crippen LogP contribution < -0.4 is 0 Å². The summed E-state index contributed by atoms with van der Waals surface area (Å²) in [6, 6.07) is 21.7. The summed E-state index contributed by atoms with van der Waals surface area (Å²) in [6.45, 7) is 0. The monoisotopic (exact) mass is 512 g/mol. The van der Waals surface area contributed by atoms with Crippen molar-refractivity contribution in [3.63, 3.8) is 0 Å². The molecule has 4 heterocycles. The Morgan fingerprint density at radius 3 is 1.36 bits per heavy atom. The van der Waals surface area contributed by atoms with Crippen molar-refractivity contribution in [3.05, 3.63) is 93.7 Å². The van der Waals surface area contributed by atoms with Crippen LogP contribution in [0.5, 0.6) is 11.5 Å². The molecule has 0 fully saturated rings. The highest BCUT2D eigenvalue weighted by molar-refractivity contribution is 7.17. The van der Waals surface area contributed by atoms with Crippen molar-refractivity contribution in [2.45, 2.75) is 0 Å². The van der Waals surface area contributed by atoms with Crippen LogP contribution in [0.15, 0.2) is 83.9 Å². The van der Waals surface area contributed by atoms with Gasteiger partial charge in [-0.3, -0.25) is 9.59 Å². The summed E-state index contributed by atoms with van der Waals surface area (Å²) < 4.78 is 0. The molecule has 0 saturated carbocycles. The second-order valence-corrected chi connectivity index (χ2v) is 10.8. The van der Waals surface area contributed by atoms with E-state index in [-0.39, 0.29) is 23.3 Å². The van der Waals surface area contributed by atoms with Crippen LogP contribution in [0.3, 0.4) is 0 Å². The second kappa shape index (κ2) is 8.22. The van der Waals surface area contributed by atoms with Gasteiger partial charge in [-0.15, -0.1) is 22.7 Å². The van der Waals surface area contributed by atoms with E-state index < -0.39 is 0 Å². The topological polar surface area (TPSA) is 81.1 Å². The van der Waals surface area contributed by atoms with Gasteiger partial charge < -0.3 is 20.0 Å². The molecule has 6 nitrogen and oxygen atoms in total. The van der Waals surface area contributed by atoms with Gasteiger partial charge >= 0.3 is 0 Å². The Labute approximate surface area is 215 Å². The summed E-state index contributed by atoms with van der Waals surface area (Å²) >= 11 is 2.94. The molecule has 178 valence electrons. The molecule has 0 spiro atoms. The number of nitrogens with zero attached hydrogens (tertiary/aromatic N) is 2. The van der Waals surface area contributed by atoms with Crippen LogP contribution in [0, 0.1) is 0 Å². The summed E-state index contributed by atoms with van der Waals surface area (Å²) in [7, 11) is 3.39. The van der Waals surface area contributed by atoms with Crippen LogP contribution in [-0.4, -0.2) is 45.9 Å². The van der Waals surface area contributed by atoms with E-state index >= 15 is 0 Å². The van der Waals surface area contributed by atoms with E-state index in [2.05, 4.69) is 0 Å². The van der Waals surface area contributed by atoms with Crippen molar-refractivity contribution in [2.75, 3.05) is 14.1 Å². The summed E-state index contributed by atoms with van der Waals surface area (Å²) in [4.78, 5) is 33.5. The number of thiophene rings is 2. The number of aromatic hydroxyl groups is 2. The second-order valence-electron chi connectivity index (χ2n) is 8.60. The first-order valence-corrected chi connectivity index (χ1v) is 12.8. The predicted octanol–water partition coefficient (Wildman–Crippen LogP) is 5.62. The Morgan fingerprint density at radius 1 is 0.583 bits per heavy atom. The third kappa shape index (κ3) is 3.37. The fourth-order valence-electron chi connectivity index (χ4n) is 4.66. The van der Waals surface area contributed by atoms with E-state index in [0.29, 0.717) is 22.5 Å². The summed E-state index contributed by atoms with van der Waals surface area (Å²) in [5.74, 6) is -0.0677. The first-order valence-electron chi connectivity index (χ1n) is 11.2. The van der Waals surface area contributed by atoms with Crippen molar-refractivity contribution in [1.29, 1.82) is 0 Å². The van der Waals surface area contributed by atoms with E-state index in [1.807, 2.05) is 36.4 Å². The number of hydrogen-bond donors (Lipinski definition) is 2. The van der Waals surface area contributed by atoms with Crippen LogP contribution in [0.25, 0.3) is 32.3 Å².